The molecule has 0 bridgehead atoms. The Morgan fingerprint density at radius 3 is 2.38 bits per heavy atom. The van der Waals surface area contributed by atoms with Crippen LogP contribution in [0.2, 0.25) is 0 Å². The van der Waals surface area contributed by atoms with Crippen molar-refractivity contribution < 1.29 is 4.42 Å². The molecule has 1 aromatic heterocycles. The minimum Gasteiger partial charge on any atom is -0.459 e. The molecule has 0 spiro atoms. The summed E-state index contributed by atoms with van der Waals surface area (Å²) in [6.45, 7) is 16.2. The van der Waals surface area contributed by atoms with Crippen LogP contribution in [0.25, 0.3) is 11.0 Å². The Balaban J connectivity index is 2.58. The van der Waals surface area contributed by atoms with E-state index in [9.17, 15) is 0 Å². The third kappa shape index (κ3) is 3.32. The molecular formula is C19H29NO. The van der Waals surface area contributed by atoms with Crippen molar-refractivity contribution in [2.24, 2.45) is 0 Å². The Morgan fingerprint density at radius 2 is 1.86 bits per heavy atom. The summed E-state index contributed by atoms with van der Waals surface area (Å²) < 4.78 is 6.24. The van der Waals surface area contributed by atoms with E-state index in [1.807, 2.05) is 0 Å². The fourth-order valence-electron chi connectivity index (χ4n) is 2.81. The van der Waals surface area contributed by atoms with Crippen LogP contribution in [-0.4, -0.2) is 5.54 Å². The van der Waals surface area contributed by atoms with Crippen LogP contribution in [0.1, 0.15) is 69.9 Å². The normalized spacial score (nSPS) is 12.6. The number of hydrogen-bond donors (Lipinski definition) is 1. The maximum Gasteiger partial charge on any atom is 0.137 e. The predicted molar refractivity (Wildman–Crippen MR) is 91.0 cm³/mol. The monoisotopic (exact) mass is 287 g/mol. The molecule has 0 amide bonds. The minimum absolute atomic E-state index is 0.0971. The van der Waals surface area contributed by atoms with Crippen LogP contribution >= 0.6 is 0 Å². The molecule has 1 N–H and O–H groups in total. The second-order valence-electron chi connectivity index (χ2n) is 7.29. The Kier molecular flexibility index (Phi) is 4.48. The lowest BCUT2D eigenvalue weighted by molar-refractivity contribution is 0.393. The van der Waals surface area contributed by atoms with Crippen molar-refractivity contribution in [1.82, 2.24) is 5.32 Å². The summed E-state index contributed by atoms with van der Waals surface area (Å²) in [6.07, 6.45) is 1.01. The Labute approximate surface area is 128 Å². The first-order valence-electron chi connectivity index (χ1n) is 8.03. The zero-order chi connectivity index (χ0) is 15.8. The average molecular weight is 287 g/mol. The van der Waals surface area contributed by atoms with Gasteiger partial charge in [0.15, 0.2) is 0 Å². The van der Waals surface area contributed by atoms with Crippen LogP contribution in [0.15, 0.2) is 16.5 Å². The molecule has 2 rings (SSSR count). The number of rotatable bonds is 4. The van der Waals surface area contributed by atoms with Crippen molar-refractivity contribution in [1.29, 1.82) is 0 Å². The number of fused-ring (bicyclic) bond motifs is 1. The van der Waals surface area contributed by atoms with Gasteiger partial charge in [0.05, 0.1) is 6.54 Å². The number of hydrogen-bond acceptors (Lipinski definition) is 2. The van der Waals surface area contributed by atoms with E-state index in [4.69, 9.17) is 4.42 Å². The molecule has 0 unspecified atom stereocenters. The Morgan fingerprint density at radius 1 is 1.19 bits per heavy atom. The number of furan rings is 1. The Hall–Kier alpha value is -1.28. The van der Waals surface area contributed by atoms with Gasteiger partial charge in [0, 0.05) is 16.5 Å². The zero-order valence-electron chi connectivity index (χ0n) is 14.6. The summed E-state index contributed by atoms with van der Waals surface area (Å²) in [7, 11) is 0. The third-order valence-corrected chi connectivity index (χ3v) is 4.01. The van der Waals surface area contributed by atoms with Crippen molar-refractivity contribution in [2.45, 2.75) is 72.9 Å². The van der Waals surface area contributed by atoms with Crippen molar-refractivity contribution in [3.8, 4) is 0 Å². The molecule has 0 saturated carbocycles. The highest BCUT2D eigenvalue weighted by atomic mass is 16.3. The molecule has 0 aliphatic carbocycles. The smallest absolute Gasteiger partial charge is 0.137 e. The van der Waals surface area contributed by atoms with Crippen molar-refractivity contribution in [3.05, 3.63) is 34.6 Å². The van der Waals surface area contributed by atoms with E-state index in [-0.39, 0.29) is 5.54 Å². The maximum atomic E-state index is 6.24. The molecule has 0 aliphatic rings. The zero-order valence-corrected chi connectivity index (χ0v) is 14.6. The van der Waals surface area contributed by atoms with Gasteiger partial charge >= 0.3 is 0 Å². The van der Waals surface area contributed by atoms with Crippen LogP contribution < -0.4 is 5.32 Å². The van der Waals surface area contributed by atoms with Gasteiger partial charge in [-0.2, -0.15) is 0 Å². The minimum atomic E-state index is 0.0971. The topological polar surface area (TPSA) is 25.2 Å². The molecule has 116 valence electrons. The lowest BCUT2D eigenvalue weighted by Crippen LogP contribution is -2.35. The second kappa shape index (κ2) is 5.84. The van der Waals surface area contributed by atoms with E-state index in [1.165, 1.54) is 22.1 Å². The first-order valence-corrected chi connectivity index (χ1v) is 8.03. The molecule has 0 fully saturated rings. The van der Waals surface area contributed by atoms with Crippen LogP contribution in [0.3, 0.4) is 0 Å². The highest BCUT2D eigenvalue weighted by molar-refractivity contribution is 5.88. The standard InChI is InChI=1S/C19H29NO/c1-8-14-16(11-20-19(5,6)7)21-18-13(4)9-10-15(12(2)3)17(14)18/h9-10,12,20H,8,11H2,1-7H3. The van der Waals surface area contributed by atoms with Gasteiger partial charge in [-0.1, -0.05) is 32.9 Å². The fraction of sp³-hybridized carbons (Fsp3) is 0.579. The van der Waals surface area contributed by atoms with E-state index in [1.54, 1.807) is 0 Å². The molecule has 2 nitrogen and oxygen atoms in total. The van der Waals surface area contributed by atoms with Crippen LogP contribution in [0.5, 0.6) is 0 Å². The SMILES string of the molecule is CCc1c(CNC(C)(C)C)oc2c(C)ccc(C(C)C)c12. The summed E-state index contributed by atoms with van der Waals surface area (Å²) in [5.41, 5.74) is 5.17. The van der Waals surface area contributed by atoms with Crippen molar-refractivity contribution in [3.63, 3.8) is 0 Å². The van der Waals surface area contributed by atoms with Gasteiger partial charge in [0.25, 0.3) is 0 Å². The van der Waals surface area contributed by atoms with Gasteiger partial charge in [0.1, 0.15) is 11.3 Å². The van der Waals surface area contributed by atoms with E-state index in [0.717, 1.165) is 24.3 Å². The van der Waals surface area contributed by atoms with Crippen LogP contribution in [0.4, 0.5) is 0 Å². The van der Waals surface area contributed by atoms with Crippen molar-refractivity contribution in [2.75, 3.05) is 0 Å². The predicted octanol–water partition coefficient (Wildman–Crippen LogP) is 5.32. The molecule has 2 heteroatoms. The first kappa shape index (κ1) is 16.1. The largest absolute Gasteiger partial charge is 0.459 e. The molecule has 2 aromatic rings. The van der Waals surface area contributed by atoms with Crippen LogP contribution in [-0.2, 0) is 13.0 Å². The van der Waals surface area contributed by atoms with E-state index in [0.29, 0.717) is 5.92 Å². The molecule has 0 aliphatic heterocycles. The van der Waals surface area contributed by atoms with Gasteiger partial charge in [0.2, 0.25) is 0 Å². The highest BCUT2D eigenvalue weighted by Crippen LogP contribution is 2.35. The van der Waals surface area contributed by atoms with Gasteiger partial charge in [-0.3, -0.25) is 0 Å². The van der Waals surface area contributed by atoms with Gasteiger partial charge in [-0.05, 0) is 51.2 Å². The van der Waals surface area contributed by atoms with Crippen molar-refractivity contribution >= 4 is 11.0 Å². The van der Waals surface area contributed by atoms with Gasteiger partial charge < -0.3 is 9.73 Å². The number of aryl methyl sites for hydroxylation is 2. The maximum absolute atomic E-state index is 6.24. The molecule has 0 saturated heterocycles. The summed E-state index contributed by atoms with van der Waals surface area (Å²) in [6, 6.07) is 4.44. The number of benzene rings is 1. The molecule has 0 radical (unpaired) electrons. The molecule has 1 aromatic carbocycles. The lowest BCUT2D eigenvalue weighted by atomic mass is 9.93. The summed E-state index contributed by atoms with van der Waals surface area (Å²) in [4.78, 5) is 0. The van der Waals surface area contributed by atoms with Crippen LogP contribution in [0, 0.1) is 6.92 Å². The van der Waals surface area contributed by atoms with Gasteiger partial charge in [-0.25, -0.2) is 0 Å². The van der Waals surface area contributed by atoms with E-state index in [2.05, 4.69) is 65.9 Å². The lowest BCUT2D eigenvalue weighted by Gasteiger charge is -2.20. The van der Waals surface area contributed by atoms with E-state index < -0.39 is 0 Å². The molecule has 1 heterocycles. The molecule has 0 atom stereocenters. The highest BCUT2D eigenvalue weighted by Gasteiger charge is 2.20. The van der Waals surface area contributed by atoms with Gasteiger partial charge in [-0.15, -0.1) is 0 Å². The quantitative estimate of drug-likeness (QED) is 0.823. The summed E-state index contributed by atoms with van der Waals surface area (Å²) in [5, 5.41) is 4.89. The van der Waals surface area contributed by atoms with E-state index >= 15 is 0 Å². The summed E-state index contributed by atoms with van der Waals surface area (Å²) in [5.74, 6) is 1.61. The first-order chi connectivity index (χ1) is 9.74. The average Bonchev–Trinajstić information content (AvgIpc) is 2.75. The molecule has 21 heavy (non-hydrogen) atoms. The fourth-order valence-corrected chi connectivity index (χ4v) is 2.81. The summed E-state index contributed by atoms with van der Waals surface area (Å²) >= 11 is 0. The third-order valence-electron chi connectivity index (χ3n) is 4.01. The second-order valence-corrected chi connectivity index (χ2v) is 7.29. The molecular weight excluding hydrogens is 258 g/mol. The number of nitrogens with one attached hydrogen (secondary N) is 1. The Bertz CT molecular complexity index is 629.